The van der Waals surface area contributed by atoms with Crippen LogP contribution in [0.25, 0.3) is 11.1 Å². The molecule has 3 rings (SSSR count). The highest BCUT2D eigenvalue weighted by molar-refractivity contribution is 5.81. The Morgan fingerprint density at radius 2 is 1.77 bits per heavy atom. The van der Waals surface area contributed by atoms with Crippen LogP contribution in [0, 0.1) is 28.6 Å². The van der Waals surface area contributed by atoms with Crippen LogP contribution in [0.5, 0.6) is 0 Å². The van der Waals surface area contributed by atoms with E-state index >= 15 is 0 Å². The van der Waals surface area contributed by atoms with Gasteiger partial charge in [-0.3, -0.25) is 4.79 Å². The predicted octanol–water partition coefficient (Wildman–Crippen LogP) is 2.38. The molecule has 2 N–H and O–H groups in total. The van der Waals surface area contributed by atoms with E-state index in [9.17, 15) is 10.1 Å². The minimum atomic E-state index is -0.531. The molecule has 0 bridgehead atoms. The van der Waals surface area contributed by atoms with Crippen LogP contribution in [0.15, 0.2) is 48.5 Å². The van der Waals surface area contributed by atoms with E-state index in [0.717, 1.165) is 16.7 Å². The van der Waals surface area contributed by atoms with Crippen LogP contribution in [-0.4, -0.2) is 24.5 Å². The van der Waals surface area contributed by atoms with Gasteiger partial charge in [-0.1, -0.05) is 36.4 Å². The quantitative estimate of drug-likeness (QED) is 0.871. The van der Waals surface area contributed by atoms with Crippen LogP contribution in [0.3, 0.4) is 0 Å². The molecule has 2 aromatic rings. The molecule has 1 amide bonds. The fourth-order valence-corrected chi connectivity index (χ4v) is 3.01. The van der Waals surface area contributed by atoms with E-state index in [1.807, 2.05) is 43.3 Å². The fraction of sp³-hybridized carbons (Fsp3) is 0.286. The molecule has 1 aliphatic heterocycles. The normalized spacial score (nSPS) is 19.5. The second-order valence-corrected chi connectivity index (χ2v) is 6.58. The zero-order valence-electron chi connectivity index (χ0n) is 14.6. The summed E-state index contributed by atoms with van der Waals surface area (Å²) in [6.45, 7) is 2.64. The van der Waals surface area contributed by atoms with Crippen molar-refractivity contribution in [1.82, 2.24) is 10.6 Å². The summed E-state index contributed by atoms with van der Waals surface area (Å²) in [5, 5.41) is 24.2. The first-order valence-electron chi connectivity index (χ1n) is 8.63. The van der Waals surface area contributed by atoms with Crippen LogP contribution in [0.2, 0.25) is 0 Å². The number of nitriles is 2. The standard InChI is InChI=1S/C21H20N4O/c1-14-20(13-24-14)21(26)25-19(12-23)10-15-2-6-17(7-3-15)18-8-4-16(11-22)5-9-18/h2-9,14,19-20,24H,10,13H2,1H3,(H,25,26). The van der Waals surface area contributed by atoms with E-state index in [2.05, 4.69) is 22.8 Å². The van der Waals surface area contributed by atoms with Gasteiger partial charge >= 0.3 is 0 Å². The maximum atomic E-state index is 12.2. The number of carbonyl (C=O) groups is 1. The van der Waals surface area contributed by atoms with Crippen molar-refractivity contribution in [2.24, 2.45) is 5.92 Å². The molecule has 3 unspecified atom stereocenters. The van der Waals surface area contributed by atoms with Gasteiger partial charge in [-0.2, -0.15) is 10.5 Å². The Bertz CT molecular complexity index is 859. The van der Waals surface area contributed by atoms with Gasteiger partial charge in [-0.05, 0) is 35.7 Å². The summed E-state index contributed by atoms with van der Waals surface area (Å²) in [7, 11) is 0. The van der Waals surface area contributed by atoms with E-state index in [0.29, 0.717) is 18.5 Å². The molecule has 0 radical (unpaired) electrons. The Morgan fingerprint density at radius 3 is 2.23 bits per heavy atom. The molecule has 0 spiro atoms. The van der Waals surface area contributed by atoms with Crippen LogP contribution >= 0.6 is 0 Å². The largest absolute Gasteiger partial charge is 0.340 e. The van der Waals surface area contributed by atoms with Crippen LogP contribution in [0.4, 0.5) is 0 Å². The van der Waals surface area contributed by atoms with E-state index in [1.54, 1.807) is 12.1 Å². The third-order valence-electron chi connectivity index (χ3n) is 4.81. The lowest BCUT2D eigenvalue weighted by Gasteiger charge is -2.34. The summed E-state index contributed by atoms with van der Waals surface area (Å²) in [5.74, 6) is -0.110. The second kappa shape index (κ2) is 7.82. The van der Waals surface area contributed by atoms with Gasteiger partial charge in [0, 0.05) is 19.0 Å². The van der Waals surface area contributed by atoms with Crippen molar-refractivity contribution in [2.45, 2.75) is 25.4 Å². The first-order valence-corrected chi connectivity index (χ1v) is 8.63. The summed E-state index contributed by atoms with van der Waals surface area (Å²) < 4.78 is 0. The Balaban J connectivity index is 1.63. The molecule has 5 heteroatoms. The molecule has 1 saturated heterocycles. The Morgan fingerprint density at radius 1 is 1.15 bits per heavy atom. The molecule has 1 aliphatic rings. The van der Waals surface area contributed by atoms with Crippen LogP contribution in [-0.2, 0) is 11.2 Å². The Labute approximate surface area is 153 Å². The summed E-state index contributed by atoms with van der Waals surface area (Å²) in [6.07, 6.45) is 0.477. The summed E-state index contributed by atoms with van der Waals surface area (Å²) >= 11 is 0. The Kier molecular flexibility index (Phi) is 5.31. The molecule has 0 saturated carbocycles. The first kappa shape index (κ1) is 17.7. The topological polar surface area (TPSA) is 88.7 Å². The van der Waals surface area contributed by atoms with Crippen molar-refractivity contribution in [1.29, 1.82) is 10.5 Å². The van der Waals surface area contributed by atoms with Crippen molar-refractivity contribution >= 4 is 5.91 Å². The van der Waals surface area contributed by atoms with Gasteiger partial charge in [0.2, 0.25) is 5.91 Å². The minimum Gasteiger partial charge on any atom is -0.340 e. The third-order valence-corrected chi connectivity index (χ3v) is 4.81. The lowest BCUT2D eigenvalue weighted by molar-refractivity contribution is -0.128. The minimum absolute atomic E-state index is 0.0513. The van der Waals surface area contributed by atoms with Gasteiger partial charge in [-0.25, -0.2) is 0 Å². The molecule has 0 aromatic heterocycles. The lowest BCUT2D eigenvalue weighted by atomic mass is 9.92. The number of hydrogen-bond donors (Lipinski definition) is 2. The van der Waals surface area contributed by atoms with Crippen LogP contribution < -0.4 is 10.6 Å². The van der Waals surface area contributed by atoms with Gasteiger partial charge in [0.25, 0.3) is 0 Å². The van der Waals surface area contributed by atoms with E-state index in [4.69, 9.17) is 5.26 Å². The zero-order valence-corrected chi connectivity index (χ0v) is 14.6. The van der Waals surface area contributed by atoms with Crippen molar-refractivity contribution in [3.8, 4) is 23.3 Å². The molecular formula is C21H20N4O. The smallest absolute Gasteiger partial charge is 0.227 e. The first-order chi connectivity index (χ1) is 12.6. The number of hydrogen-bond acceptors (Lipinski definition) is 4. The van der Waals surface area contributed by atoms with E-state index in [1.165, 1.54) is 0 Å². The number of benzene rings is 2. The fourth-order valence-electron chi connectivity index (χ4n) is 3.01. The second-order valence-electron chi connectivity index (χ2n) is 6.58. The van der Waals surface area contributed by atoms with Crippen molar-refractivity contribution < 1.29 is 4.79 Å². The summed E-state index contributed by atoms with van der Waals surface area (Å²) in [4.78, 5) is 12.2. The zero-order chi connectivity index (χ0) is 18.5. The molecule has 3 atom stereocenters. The molecule has 26 heavy (non-hydrogen) atoms. The third kappa shape index (κ3) is 3.91. The van der Waals surface area contributed by atoms with E-state index in [-0.39, 0.29) is 17.9 Å². The average molecular weight is 344 g/mol. The number of nitrogens with one attached hydrogen (secondary N) is 2. The highest BCUT2D eigenvalue weighted by Crippen LogP contribution is 2.21. The monoisotopic (exact) mass is 344 g/mol. The van der Waals surface area contributed by atoms with Crippen molar-refractivity contribution in [3.63, 3.8) is 0 Å². The molecule has 1 heterocycles. The van der Waals surface area contributed by atoms with Gasteiger partial charge < -0.3 is 10.6 Å². The summed E-state index contributed by atoms with van der Waals surface area (Å²) in [5.41, 5.74) is 3.71. The number of rotatable bonds is 5. The highest BCUT2D eigenvalue weighted by atomic mass is 16.2. The van der Waals surface area contributed by atoms with E-state index < -0.39 is 6.04 Å². The highest BCUT2D eigenvalue weighted by Gasteiger charge is 2.33. The van der Waals surface area contributed by atoms with Gasteiger partial charge in [0.1, 0.15) is 6.04 Å². The number of carbonyl (C=O) groups excluding carboxylic acids is 1. The number of nitrogens with zero attached hydrogens (tertiary/aromatic N) is 2. The van der Waals surface area contributed by atoms with Crippen molar-refractivity contribution in [3.05, 3.63) is 59.7 Å². The molecule has 2 aromatic carbocycles. The molecule has 5 nitrogen and oxygen atoms in total. The predicted molar refractivity (Wildman–Crippen MR) is 98.8 cm³/mol. The summed E-state index contributed by atoms with van der Waals surface area (Å²) in [6, 6.07) is 19.3. The molecule has 1 fully saturated rings. The number of amides is 1. The van der Waals surface area contributed by atoms with Gasteiger partial charge in [0.05, 0.1) is 23.6 Å². The average Bonchev–Trinajstić information content (AvgIpc) is 2.66. The van der Waals surface area contributed by atoms with Crippen molar-refractivity contribution in [2.75, 3.05) is 6.54 Å². The molecular weight excluding hydrogens is 324 g/mol. The molecule has 130 valence electrons. The maximum Gasteiger partial charge on any atom is 0.227 e. The lowest BCUT2D eigenvalue weighted by Crippen LogP contribution is -2.58. The van der Waals surface area contributed by atoms with Crippen LogP contribution in [0.1, 0.15) is 18.1 Å². The maximum absolute atomic E-state index is 12.2. The van der Waals surface area contributed by atoms with Gasteiger partial charge in [0.15, 0.2) is 0 Å². The SMILES string of the molecule is CC1NCC1C(=O)NC(C#N)Cc1ccc(-c2ccc(C#N)cc2)cc1. The van der Waals surface area contributed by atoms with Gasteiger partial charge in [-0.15, -0.1) is 0 Å². The molecule has 0 aliphatic carbocycles. The Hall–Kier alpha value is -3.15.